The van der Waals surface area contributed by atoms with Crippen LogP contribution in [0.5, 0.6) is 0 Å². The van der Waals surface area contributed by atoms with E-state index in [-0.39, 0.29) is 6.42 Å². The minimum atomic E-state index is -1.64. The van der Waals surface area contributed by atoms with Crippen LogP contribution in [-0.2, 0) is 14.2 Å². The zero-order valence-electron chi connectivity index (χ0n) is 17.2. The molecule has 3 rings (SSSR count). The average Bonchev–Trinajstić information content (AvgIpc) is 2.81. The van der Waals surface area contributed by atoms with Gasteiger partial charge in [0.05, 0.1) is 31.3 Å². The van der Waals surface area contributed by atoms with Crippen molar-refractivity contribution in [2.45, 2.75) is 73.6 Å². The summed E-state index contributed by atoms with van der Waals surface area (Å²) in [6.07, 6.45) is -14.1. The third-order valence-electron chi connectivity index (χ3n) is 5.91. The normalized spacial score (nSPS) is 41.1. The second kappa shape index (κ2) is 11.0. The van der Waals surface area contributed by atoms with E-state index < -0.39 is 80.4 Å². The molecule has 11 heteroatoms. The van der Waals surface area contributed by atoms with E-state index in [2.05, 4.69) is 6.07 Å². The predicted molar refractivity (Wildman–Crippen MR) is 106 cm³/mol. The third kappa shape index (κ3) is 5.27. The summed E-state index contributed by atoms with van der Waals surface area (Å²) in [4.78, 5) is 0. The molecule has 178 valence electrons. The van der Waals surface area contributed by atoms with Crippen LogP contribution in [0.1, 0.15) is 17.9 Å². The third-order valence-corrected chi connectivity index (χ3v) is 5.91. The van der Waals surface area contributed by atoms with Crippen LogP contribution < -0.4 is 0 Å². The van der Waals surface area contributed by atoms with E-state index in [1.807, 2.05) is 0 Å². The molecule has 0 bridgehead atoms. The molecular formula is C21H29NO10. The van der Waals surface area contributed by atoms with E-state index >= 15 is 0 Å². The van der Waals surface area contributed by atoms with Crippen LogP contribution >= 0.6 is 0 Å². The Morgan fingerprint density at radius 2 is 1.41 bits per heavy atom. The molecule has 2 aliphatic heterocycles. The van der Waals surface area contributed by atoms with Crippen LogP contribution in [0, 0.1) is 11.3 Å². The van der Waals surface area contributed by atoms with Gasteiger partial charge in [0.1, 0.15) is 48.8 Å². The molecule has 0 amide bonds. The Hall–Kier alpha value is -1.69. The molecule has 1 aromatic carbocycles. The number of hydrogen-bond acceptors (Lipinski definition) is 11. The Bertz CT molecular complexity index is 759. The molecule has 32 heavy (non-hydrogen) atoms. The van der Waals surface area contributed by atoms with Gasteiger partial charge in [-0.1, -0.05) is 30.3 Å². The maximum absolute atomic E-state index is 10.4. The van der Waals surface area contributed by atoms with Gasteiger partial charge >= 0.3 is 0 Å². The standard InChI is InChI=1S/C21H29NO10/c22-7-11(10-4-2-1-3-5-10)6-12-15(24)18(27)17(26)14(31-12)9-30-21-20(29)19(28)16(25)13(8-23)32-21/h1-5,11-21,23-29H,6,8-9H2/t11-,12-,13+,14+,15-,16+,17+,18-,19-,20-,21+/m0/s1. The SMILES string of the molecule is N#C[C@H](C[C@@H]1O[C@H](CO[C@@H]2O[C@H](CO)[C@@H](O)[C@H](O)[C@@H]2O)[C@@H](O)[C@@H](O)[C@H]1O)c1ccccc1. The summed E-state index contributed by atoms with van der Waals surface area (Å²) in [6, 6.07) is 11.0. The zero-order valence-corrected chi connectivity index (χ0v) is 17.2. The van der Waals surface area contributed by atoms with Crippen molar-refractivity contribution in [2.75, 3.05) is 13.2 Å². The van der Waals surface area contributed by atoms with Gasteiger partial charge in [-0.3, -0.25) is 0 Å². The summed E-state index contributed by atoms with van der Waals surface area (Å²) in [5, 5.41) is 79.5. The average molecular weight is 455 g/mol. The lowest BCUT2D eigenvalue weighted by Crippen LogP contribution is -2.61. The molecule has 0 unspecified atom stereocenters. The molecule has 0 aromatic heterocycles. The quantitative estimate of drug-likeness (QED) is 0.227. The molecule has 0 spiro atoms. The summed E-state index contributed by atoms with van der Waals surface area (Å²) in [5.41, 5.74) is 0.709. The number of benzene rings is 1. The maximum atomic E-state index is 10.4. The summed E-state index contributed by atoms with van der Waals surface area (Å²) in [5.74, 6) is -0.634. The van der Waals surface area contributed by atoms with Crippen LogP contribution in [-0.4, -0.2) is 110 Å². The van der Waals surface area contributed by atoms with Crippen molar-refractivity contribution in [3.05, 3.63) is 35.9 Å². The van der Waals surface area contributed by atoms with Crippen molar-refractivity contribution < 1.29 is 50.0 Å². The first-order valence-electron chi connectivity index (χ1n) is 10.3. The number of aliphatic hydroxyl groups is 7. The highest BCUT2D eigenvalue weighted by atomic mass is 16.7. The maximum Gasteiger partial charge on any atom is 0.186 e. The van der Waals surface area contributed by atoms with Crippen LogP contribution in [0.2, 0.25) is 0 Å². The summed E-state index contributed by atoms with van der Waals surface area (Å²) in [6.45, 7) is -1.04. The second-order valence-corrected chi connectivity index (χ2v) is 8.04. The van der Waals surface area contributed by atoms with E-state index in [1.165, 1.54) is 0 Å². The van der Waals surface area contributed by atoms with Gasteiger partial charge in [-0.25, -0.2) is 0 Å². The first-order chi connectivity index (χ1) is 15.3. The fraction of sp³-hybridized carbons (Fsp3) is 0.667. The predicted octanol–water partition coefficient (Wildman–Crippen LogP) is -2.65. The fourth-order valence-corrected chi connectivity index (χ4v) is 3.94. The van der Waals surface area contributed by atoms with Crippen molar-refractivity contribution in [3.63, 3.8) is 0 Å². The molecule has 0 aliphatic carbocycles. The lowest BCUT2D eigenvalue weighted by molar-refractivity contribution is -0.314. The first-order valence-corrected chi connectivity index (χ1v) is 10.3. The summed E-state index contributed by atoms with van der Waals surface area (Å²) >= 11 is 0. The fourth-order valence-electron chi connectivity index (χ4n) is 3.94. The number of aliphatic hydroxyl groups excluding tert-OH is 7. The highest BCUT2D eigenvalue weighted by Crippen LogP contribution is 2.30. The number of rotatable bonds is 7. The minimum Gasteiger partial charge on any atom is -0.394 e. The molecule has 2 saturated heterocycles. The molecule has 11 atom stereocenters. The van der Waals surface area contributed by atoms with Crippen molar-refractivity contribution in [1.29, 1.82) is 5.26 Å². The van der Waals surface area contributed by atoms with Crippen molar-refractivity contribution in [2.24, 2.45) is 0 Å². The highest BCUT2D eigenvalue weighted by Gasteiger charge is 2.47. The van der Waals surface area contributed by atoms with Crippen LogP contribution in [0.25, 0.3) is 0 Å². The number of nitriles is 1. The van der Waals surface area contributed by atoms with Gasteiger partial charge in [-0.2, -0.15) is 5.26 Å². The number of nitrogens with zero attached hydrogens (tertiary/aromatic N) is 1. The summed E-state index contributed by atoms with van der Waals surface area (Å²) in [7, 11) is 0. The van der Waals surface area contributed by atoms with Crippen LogP contribution in [0.4, 0.5) is 0 Å². The largest absolute Gasteiger partial charge is 0.394 e. The van der Waals surface area contributed by atoms with E-state index in [4.69, 9.17) is 14.2 Å². The van der Waals surface area contributed by atoms with Gasteiger partial charge in [0.25, 0.3) is 0 Å². The lowest BCUT2D eigenvalue weighted by atomic mass is 9.87. The Labute approximate surface area is 184 Å². The molecule has 1 aromatic rings. The Morgan fingerprint density at radius 1 is 0.812 bits per heavy atom. The first kappa shape index (κ1) is 24.9. The van der Waals surface area contributed by atoms with E-state index in [1.54, 1.807) is 30.3 Å². The van der Waals surface area contributed by atoms with Gasteiger partial charge in [-0.05, 0) is 12.0 Å². The van der Waals surface area contributed by atoms with Crippen LogP contribution in [0.3, 0.4) is 0 Å². The molecule has 0 radical (unpaired) electrons. The number of ether oxygens (including phenoxy) is 3. The second-order valence-electron chi connectivity index (χ2n) is 8.04. The number of hydrogen-bond donors (Lipinski definition) is 7. The Morgan fingerprint density at radius 3 is 2.03 bits per heavy atom. The minimum absolute atomic E-state index is 0.0437. The van der Waals surface area contributed by atoms with Crippen molar-refractivity contribution in [1.82, 2.24) is 0 Å². The topological polar surface area (TPSA) is 193 Å². The molecule has 7 N–H and O–H groups in total. The van der Waals surface area contributed by atoms with Gasteiger partial charge < -0.3 is 50.0 Å². The molecule has 2 heterocycles. The van der Waals surface area contributed by atoms with Crippen molar-refractivity contribution >= 4 is 0 Å². The van der Waals surface area contributed by atoms with E-state index in [0.29, 0.717) is 5.56 Å². The highest BCUT2D eigenvalue weighted by molar-refractivity contribution is 5.25. The van der Waals surface area contributed by atoms with Gasteiger partial charge in [0, 0.05) is 0 Å². The molecule has 2 aliphatic rings. The lowest BCUT2D eigenvalue weighted by Gasteiger charge is -2.43. The van der Waals surface area contributed by atoms with Crippen LogP contribution in [0.15, 0.2) is 30.3 Å². The molecule has 2 fully saturated rings. The Kier molecular flexibility index (Phi) is 8.54. The van der Waals surface area contributed by atoms with Gasteiger partial charge in [0.15, 0.2) is 6.29 Å². The molecule has 0 saturated carbocycles. The van der Waals surface area contributed by atoms with Gasteiger partial charge in [-0.15, -0.1) is 0 Å². The monoisotopic (exact) mass is 455 g/mol. The smallest absolute Gasteiger partial charge is 0.186 e. The van der Waals surface area contributed by atoms with Crippen molar-refractivity contribution in [3.8, 4) is 6.07 Å². The molecular weight excluding hydrogens is 426 g/mol. The zero-order chi connectivity index (χ0) is 23.4. The van der Waals surface area contributed by atoms with E-state index in [9.17, 15) is 41.0 Å². The van der Waals surface area contributed by atoms with E-state index in [0.717, 1.165) is 0 Å². The molecule has 11 nitrogen and oxygen atoms in total. The van der Waals surface area contributed by atoms with Gasteiger partial charge in [0.2, 0.25) is 0 Å². The summed E-state index contributed by atoms with van der Waals surface area (Å²) < 4.78 is 16.4. The Balaban J connectivity index is 1.65.